The van der Waals surface area contributed by atoms with E-state index in [-0.39, 0.29) is 24.1 Å². The number of hydrogen-bond acceptors (Lipinski definition) is 6. The molecule has 1 aromatic rings. The van der Waals surface area contributed by atoms with Gasteiger partial charge in [-0.25, -0.2) is 0 Å². The second-order valence-corrected chi connectivity index (χ2v) is 10.2. The van der Waals surface area contributed by atoms with Crippen molar-refractivity contribution in [3.63, 3.8) is 0 Å². The summed E-state index contributed by atoms with van der Waals surface area (Å²) in [6, 6.07) is 5.55. The Hall–Kier alpha value is -2.29. The van der Waals surface area contributed by atoms with Crippen molar-refractivity contribution in [3.8, 4) is 0 Å². The van der Waals surface area contributed by atoms with Gasteiger partial charge in [0.2, 0.25) is 11.8 Å². The highest BCUT2D eigenvalue weighted by atomic mass is 16.5. The Morgan fingerprint density at radius 2 is 1.91 bits per heavy atom. The van der Waals surface area contributed by atoms with Gasteiger partial charge in [0.25, 0.3) is 5.91 Å². The normalized spacial score (nSPS) is 26.6. The second-order valence-electron chi connectivity index (χ2n) is 10.2. The number of likely N-dealkylation sites (tertiary alicyclic amines) is 1. The van der Waals surface area contributed by atoms with Crippen molar-refractivity contribution >= 4 is 17.7 Å². The molecule has 0 radical (unpaired) electrons. The number of piperidine rings is 3. The Bertz CT molecular complexity index is 921. The minimum atomic E-state index is -0.561. The average molecular weight is 469 g/mol. The molecule has 0 spiro atoms. The first-order valence-electron chi connectivity index (χ1n) is 12.9. The fourth-order valence-corrected chi connectivity index (χ4v) is 5.76. The maximum absolute atomic E-state index is 13.1. The summed E-state index contributed by atoms with van der Waals surface area (Å²) in [5.41, 5.74) is 2.78. The number of benzene rings is 1. The second kappa shape index (κ2) is 10.5. The van der Waals surface area contributed by atoms with Crippen molar-refractivity contribution in [1.29, 1.82) is 0 Å². The summed E-state index contributed by atoms with van der Waals surface area (Å²) >= 11 is 0. The highest BCUT2D eigenvalue weighted by Crippen LogP contribution is 2.29. The lowest BCUT2D eigenvalue weighted by Gasteiger charge is -2.32. The molecule has 34 heavy (non-hydrogen) atoms. The van der Waals surface area contributed by atoms with Crippen molar-refractivity contribution in [2.24, 2.45) is 5.92 Å². The number of ether oxygens (including phenoxy) is 1. The fourth-order valence-electron chi connectivity index (χ4n) is 5.76. The zero-order valence-electron chi connectivity index (χ0n) is 19.9. The first-order chi connectivity index (χ1) is 16.6. The van der Waals surface area contributed by atoms with Crippen LogP contribution < -0.4 is 10.6 Å². The summed E-state index contributed by atoms with van der Waals surface area (Å²) in [5, 5.41) is 5.84. The number of carbonyl (C=O) groups excluding carboxylic acids is 3. The number of amides is 3. The molecule has 0 aliphatic carbocycles. The molecule has 0 bridgehead atoms. The van der Waals surface area contributed by atoms with Gasteiger partial charge in [0.05, 0.1) is 6.10 Å². The molecule has 2 unspecified atom stereocenters. The van der Waals surface area contributed by atoms with Crippen LogP contribution in [-0.4, -0.2) is 72.5 Å². The lowest BCUT2D eigenvalue weighted by atomic mass is 9.97. The van der Waals surface area contributed by atoms with Crippen molar-refractivity contribution in [3.05, 3.63) is 34.9 Å². The molecule has 4 heterocycles. The molecular formula is C26H36N4O4. The van der Waals surface area contributed by atoms with Crippen LogP contribution in [0.4, 0.5) is 0 Å². The molecule has 2 atom stereocenters. The van der Waals surface area contributed by atoms with E-state index in [0.717, 1.165) is 75.6 Å². The Kier molecular flexibility index (Phi) is 7.27. The van der Waals surface area contributed by atoms with Crippen LogP contribution in [0.2, 0.25) is 0 Å². The van der Waals surface area contributed by atoms with E-state index in [1.54, 1.807) is 4.90 Å². The van der Waals surface area contributed by atoms with Gasteiger partial charge in [-0.2, -0.15) is 0 Å². The number of hydrogen-bond donors (Lipinski definition) is 2. The minimum absolute atomic E-state index is 0.105. The van der Waals surface area contributed by atoms with Gasteiger partial charge in [0, 0.05) is 44.8 Å². The quantitative estimate of drug-likeness (QED) is 0.594. The Morgan fingerprint density at radius 3 is 2.68 bits per heavy atom. The van der Waals surface area contributed by atoms with Crippen molar-refractivity contribution in [2.75, 3.05) is 32.8 Å². The number of carbonyl (C=O) groups is 3. The molecule has 1 aromatic carbocycles. The van der Waals surface area contributed by atoms with Gasteiger partial charge in [0.15, 0.2) is 0 Å². The van der Waals surface area contributed by atoms with Crippen molar-refractivity contribution in [2.45, 2.75) is 70.2 Å². The van der Waals surface area contributed by atoms with Crippen LogP contribution in [0, 0.1) is 5.92 Å². The third kappa shape index (κ3) is 5.34. The molecule has 184 valence electrons. The Morgan fingerprint density at radius 1 is 1.06 bits per heavy atom. The molecule has 3 saturated heterocycles. The van der Waals surface area contributed by atoms with E-state index in [9.17, 15) is 14.4 Å². The van der Waals surface area contributed by atoms with Crippen LogP contribution in [0.1, 0.15) is 66.4 Å². The summed E-state index contributed by atoms with van der Waals surface area (Å²) < 4.78 is 6.19. The molecule has 3 fully saturated rings. The van der Waals surface area contributed by atoms with Crippen LogP contribution >= 0.6 is 0 Å². The van der Waals surface area contributed by atoms with Crippen molar-refractivity contribution in [1.82, 2.24) is 20.4 Å². The molecule has 4 aliphatic rings. The van der Waals surface area contributed by atoms with Gasteiger partial charge in [-0.05, 0) is 74.7 Å². The molecule has 8 heteroatoms. The van der Waals surface area contributed by atoms with Gasteiger partial charge in [-0.1, -0.05) is 12.1 Å². The molecule has 8 nitrogen and oxygen atoms in total. The first kappa shape index (κ1) is 23.5. The number of fused-ring (bicyclic) bond motifs is 1. The molecule has 4 aliphatic heterocycles. The van der Waals surface area contributed by atoms with E-state index < -0.39 is 6.04 Å². The van der Waals surface area contributed by atoms with Gasteiger partial charge < -0.3 is 15.0 Å². The predicted octanol–water partition coefficient (Wildman–Crippen LogP) is 1.82. The molecule has 5 rings (SSSR count). The van der Waals surface area contributed by atoms with Gasteiger partial charge in [-0.15, -0.1) is 0 Å². The number of imide groups is 1. The summed E-state index contributed by atoms with van der Waals surface area (Å²) in [6.45, 7) is 6.42. The lowest BCUT2D eigenvalue weighted by molar-refractivity contribution is -0.136. The SMILES string of the molecule is O=C1CCC(N2Cc3ccc(CN4CCC(OCCC5CCCNC5)CC4)cc3C2=O)C(=O)N1. The summed E-state index contributed by atoms with van der Waals surface area (Å²) in [5.74, 6) is 0.0374. The highest BCUT2D eigenvalue weighted by molar-refractivity contribution is 6.05. The molecule has 3 amide bonds. The van der Waals surface area contributed by atoms with Crippen LogP contribution in [0.5, 0.6) is 0 Å². The van der Waals surface area contributed by atoms with E-state index in [2.05, 4.69) is 21.6 Å². The molecular weight excluding hydrogens is 432 g/mol. The van der Waals surface area contributed by atoms with E-state index in [0.29, 0.717) is 24.6 Å². The lowest BCUT2D eigenvalue weighted by Crippen LogP contribution is -2.52. The summed E-state index contributed by atoms with van der Waals surface area (Å²) in [4.78, 5) is 40.8. The standard InChI is InChI=1S/C26H36N4O4/c31-24-6-5-23(25(32)28-24)30-17-20-4-3-19(14-22(20)26(30)33)16-29-11-7-21(8-12-29)34-13-9-18-2-1-10-27-15-18/h3-4,14,18,21,23,27H,1-2,5-13,15-17H2,(H,28,31,32). The fraction of sp³-hybridized carbons (Fsp3) is 0.654. The number of rotatable bonds is 7. The third-order valence-electron chi connectivity index (χ3n) is 7.81. The minimum Gasteiger partial charge on any atom is -0.378 e. The van der Waals surface area contributed by atoms with Crippen LogP contribution in [0.25, 0.3) is 0 Å². The zero-order chi connectivity index (χ0) is 23.5. The molecule has 2 N–H and O–H groups in total. The van der Waals surface area contributed by atoms with E-state index >= 15 is 0 Å². The van der Waals surface area contributed by atoms with Crippen LogP contribution in [0.15, 0.2) is 18.2 Å². The predicted molar refractivity (Wildman–Crippen MR) is 127 cm³/mol. The average Bonchev–Trinajstić information content (AvgIpc) is 3.16. The van der Waals surface area contributed by atoms with Crippen LogP contribution in [0.3, 0.4) is 0 Å². The van der Waals surface area contributed by atoms with Crippen LogP contribution in [-0.2, 0) is 27.4 Å². The summed E-state index contributed by atoms with van der Waals surface area (Å²) in [6.07, 6.45) is 6.90. The smallest absolute Gasteiger partial charge is 0.255 e. The Labute approximate surface area is 201 Å². The van der Waals surface area contributed by atoms with E-state index in [1.165, 1.54) is 12.8 Å². The molecule has 0 aromatic heterocycles. The third-order valence-corrected chi connectivity index (χ3v) is 7.81. The van der Waals surface area contributed by atoms with Gasteiger partial charge in [-0.3, -0.25) is 24.6 Å². The highest BCUT2D eigenvalue weighted by Gasteiger charge is 2.39. The maximum Gasteiger partial charge on any atom is 0.255 e. The topological polar surface area (TPSA) is 91.0 Å². The van der Waals surface area contributed by atoms with E-state index in [4.69, 9.17) is 4.74 Å². The molecule has 0 saturated carbocycles. The number of nitrogens with zero attached hydrogens (tertiary/aromatic N) is 2. The zero-order valence-corrected chi connectivity index (χ0v) is 19.9. The monoisotopic (exact) mass is 468 g/mol. The Balaban J connectivity index is 1.09. The van der Waals surface area contributed by atoms with Gasteiger partial charge in [0.1, 0.15) is 6.04 Å². The largest absolute Gasteiger partial charge is 0.378 e. The van der Waals surface area contributed by atoms with Crippen molar-refractivity contribution < 1.29 is 19.1 Å². The first-order valence-corrected chi connectivity index (χ1v) is 12.9. The number of nitrogens with one attached hydrogen (secondary N) is 2. The summed E-state index contributed by atoms with van der Waals surface area (Å²) in [7, 11) is 0. The maximum atomic E-state index is 13.1. The van der Waals surface area contributed by atoms with E-state index in [1.807, 2.05) is 12.1 Å². The van der Waals surface area contributed by atoms with Gasteiger partial charge >= 0.3 is 0 Å².